The van der Waals surface area contributed by atoms with E-state index in [9.17, 15) is 28.8 Å². The molecule has 0 unspecified atom stereocenters. The zero-order valence-corrected chi connectivity index (χ0v) is 36.2. The lowest BCUT2D eigenvalue weighted by molar-refractivity contribution is 0.0503. The van der Waals surface area contributed by atoms with Crippen molar-refractivity contribution in [2.24, 2.45) is 0 Å². The van der Waals surface area contributed by atoms with E-state index in [0.29, 0.717) is 92.3 Å². The van der Waals surface area contributed by atoms with Crippen molar-refractivity contribution in [3.05, 3.63) is 111 Å². The van der Waals surface area contributed by atoms with Crippen LogP contribution < -0.4 is 9.47 Å². The van der Waals surface area contributed by atoms with Gasteiger partial charge in [0, 0.05) is 36.0 Å². The summed E-state index contributed by atoms with van der Waals surface area (Å²) in [4.78, 5) is 71.9. The normalized spacial score (nSPS) is 13.8. The number of esters is 3. The van der Waals surface area contributed by atoms with Crippen LogP contribution in [0.4, 0.5) is 0 Å². The number of carbonyl (C=O) groups excluding carboxylic acids is 6. The van der Waals surface area contributed by atoms with Gasteiger partial charge >= 0.3 is 17.9 Å². The highest BCUT2D eigenvalue weighted by Gasteiger charge is 2.32. The second-order valence-corrected chi connectivity index (χ2v) is 14.8. The van der Waals surface area contributed by atoms with Crippen molar-refractivity contribution >= 4 is 35.3 Å². The number of nitrogens with one attached hydrogen (secondary N) is 1. The topological polar surface area (TPSA) is 213 Å². The van der Waals surface area contributed by atoms with E-state index in [2.05, 4.69) is 20.4 Å². The Morgan fingerprint density at radius 3 is 1.63 bits per heavy atom. The molecule has 332 valence electrons. The molecule has 0 amide bonds. The molecule has 63 heavy (non-hydrogen) atoms. The van der Waals surface area contributed by atoms with Crippen molar-refractivity contribution in [3.8, 4) is 11.5 Å². The van der Waals surface area contributed by atoms with Crippen LogP contribution in [0.15, 0.2) is 48.5 Å². The molecule has 3 aliphatic carbocycles. The Balaban J connectivity index is 0.000000162. The minimum atomic E-state index is -0.461. The van der Waals surface area contributed by atoms with Gasteiger partial charge in [-0.05, 0) is 94.7 Å². The van der Waals surface area contributed by atoms with E-state index in [1.165, 1.54) is 0 Å². The molecule has 0 fully saturated rings. The number of Topliss-reactive ketones (excluding diaryl/α,β-unsaturated/α-hetero) is 3. The minimum Gasteiger partial charge on any atom is -0.497 e. The average molecular weight is 865 g/mol. The predicted molar refractivity (Wildman–Crippen MR) is 227 cm³/mol. The molecule has 0 spiro atoms. The molecule has 0 aliphatic heterocycles. The summed E-state index contributed by atoms with van der Waals surface area (Å²) in [5.41, 5.74) is 6.47. The van der Waals surface area contributed by atoms with Gasteiger partial charge in [0.2, 0.25) is 0 Å². The highest BCUT2D eigenvalue weighted by molar-refractivity contribution is 6.02. The van der Waals surface area contributed by atoms with Gasteiger partial charge in [-0.3, -0.25) is 28.8 Å². The third kappa shape index (κ3) is 10.6. The second kappa shape index (κ2) is 21.3. The highest BCUT2D eigenvalue weighted by atomic mass is 16.5. The quantitative estimate of drug-likeness (QED) is 0.107. The molecular weight excluding hydrogens is 813 g/mol. The molecule has 2 aromatic carbocycles. The zero-order chi connectivity index (χ0) is 45.0. The van der Waals surface area contributed by atoms with E-state index in [-0.39, 0.29) is 36.3 Å². The van der Waals surface area contributed by atoms with Crippen LogP contribution in [0, 0.1) is 0 Å². The van der Waals surface area contributed by atoms with Crippen LogP contribution in [0.2, 0.25) is 0 Å². The molecule has 0 bridgehead atoms. The number of fused-ring (bicyclic) bond motifs is 3. The molecule has 3 aromatic heterocycles. The summed E-state index contributed by atoms with van der Waals surface area (Å²) in [5.74, 6) is 0.252. The molecule has 3 aliphatic rings. The van der Waals surface area contributed by atoms with Gasteiger partial charge in [0.05, 0.1) is 47.1 Å². The predicted octanol–water partition coefficient (Wildman–Crippen LogP) is 6.38. The number of aromatic amines is 1. The lowest BCUT2D eigenvalue weighted by atomic mass is 9.94. The summed E-state index contributed by atoms with van der Waals surface area (Å²) >= 11 is 0. The summed E-state index contributed by atoms with van der Waals surface area (Å²) in [6.45, 7) is 6.98. The van der Waals surface area contributed by atoms with Gasteiger partial charge in [-0.2, -0.15) is 15.3 Å². The molecular formula is C46H52N6O11. The number of rotatable bonds is 12. The van der Waals surface area contributed by atoms with Crippen molar-refractivity contribution in [1.82, 2.24) is 29.8 Å². The Morgan fingerprint density at radius 1 is 0.571 bits per heavy atom. The van der Waals surface area contributed by atoms with Crippen LogP contribution in [-0.4, -0.2) is 99.1 Å². The van der Waals surface area contributed by atoms with Gasteiger partial charge in [0.15, 0.2) is 28.7 Å². The smallest absolute Gasteiger partial charge is 0.359 e. The van der Waals surface area contributed by atoms with E-state index >= 15 is 0 Å². The Morgan fingerprint density at radius 2 is 1.06 bits per heavy atom. The second-order valence-electron chi connectivity index (χ2n) is 14.8. The third-order valence-corrected chi connectivity index (χ3v) is 10.7. The van der Waals surface area contributed by atoms with Crippen LogP contribution in [0.1, 0.15) is 150 Å². The lowest BCUT2D eigenvalue weighted by Crippen LogP contribution is -2.17. The Labute approximate surface area is 364 Å². The summed E-state index contributed by atoms with van der Waals surface area (Å²) in [6, 6.07) is 15.1. The summed E-state index contributed by atoms with van der Waals surface area (Å²) in [5, 5.41) is 15.2. The first kappa shape index (κ1) is 45.6. The molecule has 17 nitrogen and oxygen atoms in total. The first-order chi connectivity index (χ1) is 30.5. The largest absolute Gasteiger partial charge is 0.497 e. The molecule has 0 saturated carbocycles. The Kier molecular flexibility index (Phi) is 15.4. The summed E-state index contributed by atoms with van der Waals surface area (Å²) < 4.78 is 28.6. The zero-order valence-electron chi connectivity index (χ0n) is 36.2. The highest BCUT2D eigenvalue weighted by Crippen LogP contribution is 2.28. The molecule has 0 radical (unpaired) electrons. The van der Waals surface area contributed by atoms with Crippen molar-refractivity contribution in [3.63, 3.8) is 0 Å². The lowest BCUT2D eigenvalue weighted by Gasteiger charge is -2.13. The van der Waals surface area contributed by atoms with Crippen LogP contribution in [0.25, 0.3) is 0 Å². The Hall–Kier alpha value is -6.91. The van der Waals surface area contributed by atoms with Crippen LogP contribution in [-0.2, 0) is 46.6 Å². The molecule has 3 heterocycles. The number of ether oxygens (including phenoxy) is 5. The number of hydrogen-bond donors (Lipinski definition) is 1. The number of ketones is 3. The molecule has 0 saturated heterocycles. The SMILES string of the molecule is CCOC(=O)c1[nH]nc2c1CCCC2=O.CCOC(=O)c1c2c(nn1Cc1ccc(OC)cc1)C(=O)CCC2.CCOC(=O)c1nn(Cc2ccc(OC)cc2)c2c1CCCC2=O. The van der Waals surface area contributed by atoms with Crippen LogP contribution in [0.5, 0.6) is 11.5 Å². The summed E-state index contributed by atoms with van der Waals surface area (Å²) in [6.07, 6.45) is 5.82. The number of nitrogens with zero attached hydrogens (tertiary/aromatic N) is 5. The van der Waals surface area contributed by atoms with Gasteiger partial charge < -0.3 is 23.7 Å². The van der Waals surface area contributed by atoms with Crippen LogP contribution >= 0.6 is 0 Å². The van der Waals surface area contributed by atoms with Crippen molar-refractivity contribution in [2.75, 3.05) is 34.0 Å². The maximum Gasteiger partial charge on any atom is 0.359 e. The maximum absolute atomic E-state index is 12.4. The fourth-order valence-corrected chi connectivity index (χ4v) is 7.68. The maximum atomic E-state index is 12.4. The molecule has 8 rings (SSSR count). The minimum absolute atomic E-state index is 0.00282. The number of benzene rings is 2. The van der Waals surface area contributed by atoms with E-state index in [4.69, 9.17) is 23.7 Å². The standard InChI is InChI=1S/2C18H20N2O4.C10H12N2O3/c1-3-24-18(22)16-14-5-4-6-15(21)17(14)20(19-16)11-12-7-9-13(23-2)10-8-12;1-3-24-18(22)17-14-5-4-6-15(21)16(14)19-20(17)11-12-7-9-13(23-2)10-8-12;1-2-15-10(14)9-6-4-3-5-7(13)8(6)11-12-9/h2*7-10H,3-6,11H2,1-2H3;2-5H2,1H3,(H,11,12). The van der Waals surface area contributed by atoms with Gasteiger partial charge in [-0.15, -0.1) is 0 Å². The van der Waals surface area contributed by atoms with E-state index in [0.717, 1.165) is 53.0 Å². The fraction of sp³-hybridized carbons (Fsp3) is 0.413. The van der Waals surface area contributed by atoms with Gasteiger partial charge in [0.25, 0.3) is 0 Å². The molecule has 0 atom stereocenters. The van der Waals surface area contributed by atoms with Crippen LogP contribution in [0.3, 0.4) is 0 Å². The first-order valence-electron chi connectivity index (χ1n) is 21.1. The Bertz CT molecular complexity index is 2460. The monoisotopic (exact) mass is 864 g/mol. The van der Waals surface area contributed by atoms with Crippen molar-refractivity contribution in [2.45, 2.75) is 91.6 Å². The van der Waals surface area contributed by atoms with Gasteiger partial charge in [-0.25, -0.2) is 14.4 Å². The third-order valence-electron chi connectivity index (χ3n) is 10.7. The number of H-pyrrole nitrogens is 1. The van der Waals surface area contributed by atoms with Crippen molar-refractivity contribution in [1.29, 1.82) is 0 Å². The number of aromatic nitrogens is 6. The summed E-state index contributed by atoms with van der Waals surface area (Å²) in [7, 11) is 3.23. The average Bonchev–Trinajstić information content (AvgIpc) is 4.00. The van der Waals surface area contributed by atoms with Gasteiger partial charge in [0.1, 0.15) is 34.3 Å². The molecule has 17 heteroatoms. The van der Waals surface area contributed by atoms with E-state index < -0.39 is 17.9 Å². The number of hydrogen-bond acceptors (Lipinski definition) is 14. The fourth-order valence-electron chi connectivity index (χ4n) is 7.68. The molecule has 1 N–H and O–H groups in total. The molecule has 5 aromatic rings. The van der Waals surface area contributed by atoms with Gasteiger partial charge in [-0.1, -0.05) is 24.3 Å². The number of methoxy groups -OCH3 is 2. The number of carbonyl (C=O) groups is 6. The first-order valence-corrected chi connectivity index (χ1v) is 21.1. The van der Waals surface area contributed by atoms with E-state index in [1.807, 2.05) is 48.5 Å². The van der Waals surface area contributed by atoms with Crippen molar-refractivity contribution < 1.29 is 52.5 Å². The van der Waals surface area contributed by atoms with E-state index in [1.54, 1.807) is 44.4 Å².